The molecule has 1 atom stereocenters. The van der Waals surface area contributed by atoms with Gasteiger partial charge in [-0.1, -0.05) is 42.5 Å². The Balaban J connectivity index is 1.76. The molecule has 4 rings (SSSR count). The highest BCUT2D eigenvalue weighted by molar-refractivity contribution is 6.01. The monoisotopic (exact) mass is 304 g/mol. The van der Waals surface area contributed by atoms with Crippen LogP contribution in [0.15, 0.2) is 77.4 Å². The molecule has 0 unspecified atom stereocenters. The number of benzene rings is 2. The highest BCUT2D eigenvalue weighted by atomic mass is 16.3. The van der Waals surface area contributed by atoms with Crippen LogP contribution in [0.1, 0.15) is 27.8 Å². The lowest BCUT2D eigenvalue weighted by molar-refractivity contribution is 0.0651. The summed E-state index contributed by atoms with van der Waals surface area (Å²) in [6.07, 6.45) is 1.41. The number of hydrogen-bond donors (Lipinski definition) is 1. The smallest absolute Gasteiger partial charge is 0.258 e. The minimum absolute atomic E-state index is 0.00426. The quantitative estimate of drug-likeness (QED) is 0.794. The molecule has 3 aromatic rings. The second kappa shape index (κ2) is 5.65. The minimum atomic E-state index is -0.219. The molecule has 1 aliphatic heterocycles. The van der Waals surface area contributed by atoms with Gasteiger partial charge in [-0.15, -0.1) is 0 Å². The van der Waals surface area contributed by atoms with Gasteiger partial charge in [0, 0.05) is 5.69 Å². The van der Waals surface area contributed by atoms with E-state index in [1.54, 1.807) is 11.2 Å². The lowest BCUT2D eigenvalue weighted by Gasteiger charge is -2.37. The normalized spacial score (nSPS) is 16.8. The van der Waals surface area contributed by atoms with E-state index in [9.17, 15) is 4.79 Å². The van der Waals surface area contributed by atoms with Gasteiger partial charge in [0.05, 0.1) is 18.4 Å². The number of nitrogens with one attached hydrogen (secondary N) is 1. The van der Waals surface area contributed by atoms with Gasteiger partial charge >= 0.3 is 0 Å². The number of fused-ring (bicyclic) bond motifs is 1. The lowest BCUT2D eigenvalue weighted by Crippen LogP contribution is -2.42. The average molecular weight is 304 g/mol. The van der Waals surface area contributed by atoms with E-state index < -0.39 is 0 Å². The maximum Gasteiger partial charge on any atom is 0.258 e. The van der Waals surface area contributed by atoms with Gasteiger partial charge in [-0.2, -0.15) is 0 Å². The summed E-state index contributed by atoms with van der Waals surface area (Å²) in [7, 11) is 0. The molecule has 23 heavy (non-hydrogen) atoms. The Morgan fingerprint density at radius 2 is 1.74 bits per heavy atom. The zero-order valence-electron chi connectivity index (χ0n) is 12.5. The van der Waals surface area contributed by atoms with E-state index in [1.165, 1.54) is 0 Å². The van der Waals surface area contributed by atoms with E-state index in [4.69, 9.17) is 4.42 Å². The molecular weight excluding hydrogens is 288 g/mol. The van der Waals surface area contributed by atoms with Crippen molar-refractivity contribution in [1.82, 2.24) is 4.90 Å². The van der Waals surface area contributed by atoms with E-state index in [1.807, 2.05) is 66.7 Å². The molecule has 1 N–H and O–H groups in total. The Kier molecular flexibility index (Phi) is 3.35. The fraction of sp³-hybridized carbons (Fsp3) is 0.105. The summed E-state index contributed by atoms with van der Waals surface area (Å²) in [5.74, 6) is 0.769. The molecule has 4 heteroatoms. The fourth-order valence-corrected chi connectivity index (χ4v) is 2.92. The van der Waals surface area contributed by atoms with Crippen LogP contribution in [0.4, 0.5) is 5.69 Å². The van der Waals surface area contributed by atoms with Crippen molar-refractivity contribution in [2.24, 2.45) is 0 Å². The van der Waals surface area contributed by atoms with Crippen molar-refractivity contribution in [3.05, 3.63) is 89.9 Å². The first kappa shape index (κ1) is 13.6. The van der Waals surface area contributed by atoms with Crippen LogP contribution < -0.4 is 5.32 Å². The molecule has 0 bridgehead atoms. The third-order valence-electron chi connectivity index (χ3n) is 4.04. The molecule has 2 heterocycles. The topological polar surface area (TPSA) is 45.5 Å². The van der Waals surface area contributed by atoms with Gasteiger partial charge < -0.3 is 14.6 Å². The maximum atomic E-state index is 13.0. The first-order chi connectivity index (χ1) is 11.3. The van der Waals surface area contributed by atoms with Gasteiger partial charge in [0.1, 0.15) is 11.9 Å². The minimum Gasteiger partial charge on any atom is -0.467 e. The first-order valence-electron chi connectivity index (χ1n) is 7.57. The van der Waals surface area contributed by atoms with Crippen LogP contribution in [0.25, 0.3) is 0 Å². The third kappa shape index (κ3) is 2.48. The average Bonchev–Trinajstić information content (AvgIpc) is 3.11. The summed E-state index contributed by atoms with van der Waals surface area (Å²) >= 11 is 0. The number of furan rings is 1. The van der Waals surface area contributed by atoms with Gasteiger partial charge in [-0.05, 0) is 29.8 Å². The summed E-state index contributed by atoms with van der Waals surface area (Å²) in [6, 6.07) is 21.3. The van der Waals surface area contributed by atoms with Crippen LogP contribution in [0, 0.1) is 0 Å². The van der Waals surface area contributed by atoms with Crippen LogP contribution in [-0.4, -0.2) is 10.8 Å². The summed E-state index contributed by atoms with van der Waals surface area (Å²) < 4.78 is 5.44. The van der Waals surface area contributed by atoms with Crippen LogP contribution >= 0.6 is 0 Å². The largest absolute Gasteiger partial charge is 0.467 e. The molecule has 1 aromatic heterocycles. The van der Waals surface area contributed by atoms with E-state index in [0.717, 1.165) is 17.0 Å². The van der Waals surface area contributed by atoms with E-state index in [-0.39, 0.29) is 12.1 Å². The highest BCUT2D eigenvalue weighted by Crippen LogP contribution is 2.33. The Hall–Kier alpha value is -3.01. The van der Waals surface area contributed by atoms with E-state index in [2.05, 4.69) is 5.32 Å². The third-order valence-corrected chi connectivity index (χ3v) is 4.04. The molecule has 0 saturated carbocycles. The number of rotatable bonds is 3. The van der Waals surface area contributed by atoms with Crippen molar-refractivity contribution in [3.8, 4) is 0 Å². The van der Waals surface area contributed by atoms with E-state index >= 15 is 0 Å². The SMILES string of the molecule is O=C1c2ccccc2N[C@@H](c2ccccc2)N1Cc1ccco1. The van der Waals surface area contributed by atoms with Crippen molar-refractivity contribution in [3.63, 3.8) is 0 Å². The van der Waals surface area contributed by atoms with Gasteiger partial charge in [0.2, 0.25) is 0 Å². The molecule has 114 valence electrons. The van der Waals surface area contributed by atoms with Gasteiger partial charge in [0.25, 0.3) is 5.91 Å². The predicted molar refractivity (Wildman–Crippen MR) is 87.8 cm³/mol. The number of carbonyl (C=O) groups is 1. The molecule has 0 aliphatic carbocycles. The number of carbonyl (C=O) groups excluding carboxylic acids is 1. The summed E-state index contributed by atoms with van der Waals surface area (Å²) in [5.41, 5.74) is 2.59. The van der Waals surface area contributed by atoms with Crippen LogP contribution in [-0.2, 0) is 6.54 Å². The molecule has 0 radical (unpaired) electrons. The molecule has 0 fully saturated rings. The predicted octanol–water partition coefficient (Wildman–Crippen LogP) is 4.05. The molecule has 1 amide bonds. The Bertz CT molecular complexity index is 812. The number of anilines is 1. The number of nitrogens with zero attached hydrogens (tertiary/aromatic N) is 1. The van der Waals surface area contributed by atoms with Crippen molar-refractivity contribution in [2.75, 3.05) is 5.32 Å². The van der Waals surface area contributed by atoms with Gasteiger partial charge in [0.15, 0.2) is 0 Å². The molecule has 0 spiro atoms. The summed E-state index contributed by atoms with van der Waals surface area (Å²) in [4.78, 5) is 14.8. The second-order valence-electron chi connectivity index (χ2n) is 5.52. The number of hydrogen-bond acceptors (Lipinski definition) is 3. The Labute approximate surface area is 134 Å². The van der Waals surface area contributed by atoms with Crippen molar-refractivity contribution < 1.29 is 9.21 Å². The Morgan fingerprint density at radius 1 is 0.957 bits per heavy atom. The van der Waals surface area contributed by atoms with Crippen molar-refractivity contribution >= 4 is 11.6 Å². The lowest BCUT2D eigenvalue weighted by atomic mass is 10.0. The summed E-state index contributed by atoms with van der Waals surface area (Å²) in [6.45, 7) is 0.423. The first-order valence-corrected chi connectivity index (χ1v) is 7.57. The van der Waals surface area contributed by atoms with Gasteiger partial charge in [-0.3, -0.25) is 4.79 Å². The van der Waals surface area contributed by atoms with Crippen molar-refractivity contribution in [1.29, 1.82) is 0 Å². The van der Waals surface area contributed by atoms with Crippen LogP contribution in [0.3, 0.4) is 0 Å². The Morgan fingerprint density at radius 3 is 2.52 bits per heavy atom. The van der Waals surface area contributed by atoms with Gasteiger partial charge in [-0.25, -0.2) is 0 Å². The molecule has 0 saturated heterocycles. The summed E-state index contributed by atoms with van der Waals surface area (Å²) in [5, 5.41) is 3.47. The zero-order chi connectivity index (χ0) is 15.6. The standard InChI is InChI=1S/C19H16N2O2/c22-19-16-10-4-5-11-17(16)20-18(14-7-2-1-3-8-14)21(19)13-15-9-6-12-23-15/h1-12,18,20H,13H2/t18-/m1/s1. The molecule has 4 nitrogen and oxygen atoms in total. The van der Waals surface area contributed by atoms with Crippen LogP contribution in [0.5, 0.6) is 0 Å². The number of para-hydroxylation sites is 1. The molecule has 1 aliphatic rings. The molecule has 2 aromatic carbocycles. The highest BCUT2D eigenvalue weighted by Gasteiger charge is 2.33. The van der Waals surface area contributed by atoms with Crippen molar-refractivity contribution in [2.45, 2.75) is 12.7 Å². The number of amides is 1. The molecular formula is C19H16N2O2. The zero-order valence-corrected chi connectivity index (χ0v) is 12.5. The van der Waals surface area contributed by atoms with Crippen LogP contribution in [0.2, 0.25) is 0 Å². The fourth-order valence-electron chi connectivity index (χ4n) is 2.92. The maximum absolute atomic E-state index is 13.0. The second-order valence-corrected chi connectivity index (χ2v) is 5.52. The van der Waals surface area contributed by atoms with E-state index in [0.29, 0.717) is 12.1 Å².